The van der Waals surface area contributed by atoms with E-state index in [1.807, 2.05) is 44.2 Å². The van der Waals surface area contributed by atoms with Gasteiger partial charge in [-0.25, -0.2) is 0 Å². The molecular formula is C12H14O. The Balaban J connectivity index is 2.92. The lowest BCUT2D eigenvalue weighted by Gasteiger charge is -1.97. The third kappa shape index (κ3) is 2.86. The first-order chi connectivity index (χ1) is 6.09. The molecule has 1 nitrogen and oxygen atoms in total. The van der Waals surface area contributed by atoms with Gasteiger partial charge in [0.1, 0.15) is 0 Å². The van der Waals surface area contributed by atoms with Gasteiger partial charge in [-0.3, -0.25) is 4.79 Å². The van der Waals surface area contributed by atoms with Crippen LogP contribution in [0.4, 0.5) is 0 Å². The molecule has 0 saturated heterocycles. The summed E-state index contributed by atoms with van der Waals surface area (Å²) < 4.78 is 0. The fourth-order valence-corrected chi connectivity index (χ4v) is 1.01. The highest BCUT2D eigenvalue weighted by molar-refractivity contribution is 5.97. The second kappa shape index (κ2) is 4.04. The predicted molar refractivity (Wildman–Crippen MR) is 55.5 cm³/mol. The third-order valence-corrected chi connectivity index (χ3v) is 2.02. The average molecular weight is 174 g/mol. The van der Waals surface area contributed by atoms with Crippen molar-refractivity contribution in [3.63, 3.8) is 0 Å². The lowest BCUT2D eigenvalue weighted by molar-refractivity contribution is -0.113. The molecule has 0 N–H and O–H groups in total. The van der Waals surface area contributed by atoms with E-state index in [4.69, 9.17) is 0 Å². The maximum Gasteiger partial charge on any atom is 0.155 e. The first kappa shape index (κ1) is 9.72. The van der Waals surface area contributed by atoms with Gasteiger partial charge in [0.25, 0.3) is 0 Å². The van der Waals surface area contributed by atoms with Gasteiger partial charge in [0, 0.05) is 0 Å². The van der Waals surface area contributed by atoms with Crippen LogP contribution in [0.5, 0.6) is 0 Å². The van der Waals surface area contributed by atoms with Crippen molar-refractivity contribution >= 4 is 11.9 Å². The van der Waals surface area contributed by atoms with Crippen LogP contribution in [0.15, 0.2) is 29.8 Å². The molecule has 0 heterocycles. The van der Waals surface area contributed by atoms with Gasteiger partial charge >= 0.3 is 0 Å². The van der Waals surface area contributed by atoms with E-state index in [0.29, 0.717) is 0 Å². The molecule has 1 heteroatoms. The summed E-state index contributed by atoms with van der Waals surface area (Å²) in [6.45, 7) is 5.47. The lowest BCUT2D eigenvalue weighted by atomic mass is 10.1. The van der Waals surface area contributed by atoms with E-state index in [1.54, 1.807) is 6.92 Å². The Labute approximate surface area is 79.1 Å². The Morgan fingerprint density at radius 3 is 2.15 bits per heavy atom. The summed E-state index contributed by atoms with van der Waals surface area (Å²) >= 11 is 0. The van der Waals surface area contributed by atoms with E-state index in [1.165, 1.54) is 5.56 Å². The van der Waals surface area contributed by atoms with Gasteiger partial charge in [0.15, 0.2) is 5.78 Å². The number of carbonyl (C=O) groups excluding carboxylic acids is 1. The van der Waals surface area contributed by atoms with Crippen LogP contribution in [0, 0.1) is 6.92 Å². The lowest BCUT2D eigenvalue weighted by Crippen LogP contribution is -1.90. The van der Waals surface area contributed by atoms with Crippen molar-refractivity contribution in [2.75, 3.05) is 0 Å². The summed E-state index contributed by atoms with van der Waals surface area (Å²) in [5, 5.41) is 0. The molecule has 68 valence electrons. The standard InChI is InChI=1S/C12H14O/c1-9-4-6-12(7-5-9)8-10(2)11(3)13/h4-8H,1-3H3/b10-8+. The summed E-state index contributed by atoms with van der Waals surface area (Å²) in [4.78, 5) is 10.9. The monoisotopic (exact) mass is 174 g/mol. The van der Waals surface area contributed by atoms with Crippen LogP contribution in [0.3, 0.4) is 0 Å². The number of ketones is 1. The van der Waals surface area contributed by atoms with Crippen molar-refractivity contribution in [1.82, 2.24) is 0 Å². The topological polar surface area (TPSA) is 17.1 Å². The smallest absolute Gasteiger partial charge is 0.155 e. The van der Waals surface area contributed by atoms with Gasteiger partial charge in [-0.15, -0.1) is 0 Å². The van der Waals surface area contributed by atoms with Crippen LogP contribution in [-0.2, 0) is 4.79 Å². The molecule has 0 saturated carbocycles. The zero-order valence-corrected chi connectivity index (χ0v) is 8.29. The van der Waals surface area contributed by atoms with Crippen LogP contribution in [-0.4, -0.2) is 5.78 Å². The molecule has 0 fully saturated rings. The molecule has 1 rings (SSSR count). The predicted octanol–water partition coefficient (Wildman–Crippen LogP) is 2.99. The van der Waals surface area contributed by atoms with E-state index >= 15 is 0 Å². The second-order valence-electron chi connectivity index (χ2n) is 3.29. The average Bonchev–Trinajstić information content (AvgIpc) is 2.08. The minimum Gasteiger partial charge on any atom is -0.295 e. The van der Waals surface area contributed by atoms with Crippen molar-refractivity contribution in [1.29, 1.82) is 0 Å². The van der Waals surface area contributed by atoms with Gasteiger partial charge in [-0.1, -0.05) is 29.8 Å². The number of Topliss-reactive ketones (excluding diaryl/α,β-unsaturated/α-hetero) is 1. The molecule has 0 amide bonds. The highest BCUT2D eigenvalue weighted by Crippen LogP contribution is 2.08. The van der Waals surface area contributed by atoms with Gasteiger partial charge < -0.3 is 0 Å². The third-order valence-electron chi connectivity index (χ3n) is 2.02. The highest BCUT2D eigenvalue weighted by atomic mass is 16.1. The summed E-state index contributed by atoms with van der Waals surface area (Å²) in [7, 11) is 0. The largest absolute Gasteiger partial charge is 0.295 e. The Bertz CT molecular complexity index is 331. The SMILES string of the molecule is CC(=O)/C(C)=C/c1ccc(C)cc1. The maximum atomic E-state index is 10.9. The summed E-state index contributed by atoms with van der Waals surface area (Å²) in [6.07, 6.45) is 1.90. The van der Waals surface area contributed by atoms with Crippen molar-refractivity contribution in [3.8, 4) is 0 Å². The Morgan fingerprint density at radius 1 is 1.15 bits per heavy atom. The molecule has 0 aliphatic carbocycles. The molecule has 0 atom stereocenters. The Kier molecular flexibility index (Phi) is 3.02. The van der Waals surface area contributed by atoms with Crippen molar-refractivity contribution in [3.05, 3.63) is 41.0 Å². The zero-order valence-electron chi connectivity index (χ0n) is 8.29. The number of carbonyl (C=O) groups is 1. The zero-order chi connectivity index (χ0) is 9.84. The van der Waals surface area contributed by atoms with Gasteiger partial charge in [0.2, 0.25) is 0 Å². The summed E-state index contributed by atoms with van der Waals surface area (Å²) in [6, 6.07) is 8.11. The van der Waals surface area contributed by atoms with Crippen LogP contribution >= 0.6 is 0 Å². The second-order valence-corrected chi connectivity index (χ2v) is 3.29. The minimum atomic E-state index is 0.126. The number of hydrogen-bond acceptors (Lipinski definition) is 1. The molecular weight excluding hydrogens is 160 g/mol. The summed E-state index contributed by atoms with van der Waals surface area (Å²) in [5.74, 6) is 0.126. The molecule has 0 aromatic heterocycles. The molecule has 0 radical (unpaired) electrons. The molecule has 0 unspecified atom stereocenters. The quantitative estimate of drug-likeness (QED) is 0.630. The number of hydrogen-bond donors (Lipinski definition) is 0. The van der Waals surface area contributed by atoms with Gasteiger partial charge in [-0.05, 0) is 38.0 Å². The number of allylic oxidation sites excluding steroid dienone is 1. The van der Waals surface area contributed by atoms with Crippen LogP contribution in [0.1, 0.15) is 25.0 Å². The molecule has 0 aliphatic rings. The summed E-state index contributed by atoms with van der Waals surface area (Å²) in [5.41, 5.74) is 3.11. The normalized spacial score (nSPS) is 11.5. The molecule has 1 aromatic rings. The fraction of sp³-hybridized carbons (Fsp3) is 0.250. The van der Waals surface area contributed by atoms with Crippen molar-refractivity contribution < 1.29 is 4.79 Å². The molecule has 0 bridgehead atoms. The number of benzene rings is 1. The first-order valence-electron chi connectivity index (χ1n) is 4.35. The van der Waals surface area contributed by atoms with Gasteiger partial charge in [-0.2, -0.15) is 0 Å². The van der Waals surface area contributed by atoms with Crippen molar-refractivity contribution in [2.24, 2.45) is 0 Å². The van der Waals surface area contributed by atoms with E-state index in [2.05, 4.69) is 0 Å². The fourth-order valence-electron chi connectivity index (χ4n) is 1.01. The van der Waals surface area contributed by atoms with E-state index < -0.39 is 0 Å². The van der Waals surface area contributed by atoms with E-state index in [-0.39, 0.29) is 5.78 Å². The minimum absolute atomic E-state index is 0.126. The highest BCUT2D eigenvalue weighted by Gasteiger charge is 1.95. The van der Waals surface area contributed by atoms with Crippen LogP contribution < -0.4 is 0 Å². The maximum absolute atomic E-state index is 10.9. The van der Waals surface area contributed by atoms with Gasteiger partial charge in [0.05, 0.1) is 0 Å². The number of rotatable bonds is 2. The van der Waals surface area contributed by atoms with Crippen molar-refractivity contribution in [2.45, 2.75) is 20.8 Å². The van der Waals surface area contributed by atoms with E-state index in [0.717, 1.165) is 11.1 Å². The molecule has 0 aliphatic heterocycles. The Morgan fingerprint density at radius 2 is 1.69 bits per heavy atom. The van der Waals surface area contributed by atoms with E-state index in [9.17, 15) is 4.79 Å². The number of aryl methyl sites for hydroxylation is 1. The van der Waals surface area contributed by atoms with Crippen LogP contribution in [0.2, 0.25) is 0 Å². The Hall–Kier alpha value is -1.37. The van der Waals surface area contributed by atoms with Crippen LogP contribution in [0.25, 0.3) is 6.08 Å². The first-order valence-corrected chi connectivity index (χ1v) is 4.35. The molecule has 0 spiro atoms. The molecule has 13 heavy (non-hydrogen) atoms. The molecule has 1 aromatic carbocycles.